The quantitative estimate of drug-likeness (QED) is 0.585. The van der Waals surface area contributed by atoms with Crippen molar-refractivity contribution in [3.63, 3.8) is 0 Å². The second-order valence-electron chi connectivity index (χ2n) is 4.02. The number of hydrogen-bond donors (Lipinski definition) is 2. The van der Waals surface area contributed by atoms with Gasteiger partial charge >= 0.3 is 8.03 Å². The molecule has 0 saturated heterocycles. The highest BCUT2D eigenvalue weighted by atomic mass is 31.1. The number of benzene rings is 1. The Morgan fingerprint density at radius 2 is 2.17 bits per heavy atom. The third-order valence-electron chi connectivity index (χ3n) is 2.74. The molecule has 18 heavy (non-hydrogen) atoms. The van der Waals surface area contributed by atoms with Gasteiger partial charge in [-0.3, -0.25) is 0 Å². The summed E-state index contributed by atoms with van der Waals surface area (Å²) in [5.41, 5.74) is 6.90. The Kier molecular flexibility index (Phi) is 6.05. The first-order valence-corrected chi connectivity index (χ1v) is 6.93. The smallest absolute Gasteiger partial charge is 0.495 e. The molecule has 0 aromatic heterocycles. The van der Waals surface area contributed by atoms with Gasteiger partial charge in [0.25, 0.3) is 0 Å². The normalized spacial score (nSPS) is 13.2. The van der Waals surface area contributed by atoms with Crippen molar-refractivity contribution in [2.24, 2.45) is 0 Å². The molecule has 0 saturated carbocycles. The maximum atomic E-state index is 11.3. The lowest BCUT2D eigenvalue weighted by Gasteiger charge is -2.08. The molecule has 3 N–H and O–H groups in total. The maximum Gasteiger partial charge on any atom is 0.509 e. The molecule has 1 aromatic rings. The summed E-state index contributed by atoms with van der Waals surface area (Å²) in [6.07, 6.45) is 1.06. The molecule has 2 atom stereocenters. The molecule has 0 spiro atoms. The lowest BCUT2D eigenvalue weighted by molar-refractivity contribution is 0.192. The van der Waals surface area contributed by atoms with Gasteiger partial charge in [0.2, 0.25) is 0 Å². The van der Waals surface area contributed by atoms with Gasteiger partial charge in [-0.15, -0.1) is 0 Å². The van der Waals surface area contributed by atoms with E-state index in [-0.39, 0.29) is 5.66 Å². The summed E-state index contributed by atoms with van der Waals surface area (Å²) in [6, 6.07) is 5.39. The van der Waals surface area contributed by atoms with Crippen molar-refractivity contribution in [3.05, 3.63) is 23.8 Å². The van der Waals surface area contributed by atoms with E-state index in [1.807, 2.05) is 6.07 Å². The van der Waals surface area contributed by atoms with Gasteiger partial charge in [0.05, 0.1) is 19.4 Å². The third kappa shape index (κ3) is 4.26. The van der Waals surface area contributed by atoms with Crippen LogP contribution in [0.3, 0.4) is 0 Å². The highest BCUT2D eigenvalue weighted by molar-refractivity contribution is 7.38. The highest BCUT2D eigenvalue weighted by Gasteiger charge is 2.28. The Hall–Kier alpha value is -1.16. The first-order valence-electron chi connectivity index (χ1n) is 5.65. The average Bonchev–Trinajstić information content (AvgIpc) is 2.36. The molecule has 6 heteroatoms. The predicted molar refractivity (Wildman–Crippen MR) is 71.2 cm³/mol. The van der Waals surface area contributed by atoms with Crippen LogP contribution in [0.1, 0.15) is 12.0 Å². The van der Waals surface area contributed by atoms with Crippen molar-refractivity contribution in [1.29, 1.82) is 0 Å². The van der Waals surface area contributed by atoms with Crippen molar-refractivity contribution in [3.8, 4) is 5.75 Å². The molecule has 5 nitrogen and oxygen atoms in total. The molecule has 2 unspecified atom stereocenters. The second-order valence-corrected chi connectivity index (χ2v) is 5.35. The molecule has 0 radical (unpaired) electrons. The predicted octanol–water partition coefficient (Wildman–Crippen LogP) is 1.96. The van der Waals surface area contributed by atoms with Crippen molar-refractivity contribution < 1.29 is 18.9 Å². The van der Waals surface area contributed by atoms with Crippen molar-refractivity contribution in [2.75, 3.05) is 26.6 Å². The molecule has 0 aliphatic carbocycles. The fourth-order valence-electron chi connectivity index (χ4n) is 1.70. The van der Waals surface area contributed by atoms with E-state index in [9.17, 15) is 9.46 Å². The van der Waals surface area contributed by atoms with Crippen LogP contribution in [0.25, 0.3) is 0 Å². The van der Waals surface area contributed by atoms with Crippen LogP contribution in [0.5, 0.6) is 5.75 Å². The van der Waals surface area contributed by atoms with Gasteiger partial charge in [0, 0.05) is 20.0 Å². The van der Waals surface area contributed by atoms with E-state index >= 15 is 0 Å². The molecule has 1 aromatic carbocycles. The van der Waals surface area contributed by atoms with E-state index in [0.717, 1.165) is 5.56 Å². The first-order chi connectivity index (χ1) is 8.58. The summed E-state index contributed by atoms with van der Waals surface area (Å²) in [7, 11) is 0.900. The fraction of sp³-hybridized carbons (Fsp3) is 0.500. The lowest BCUT2D eigenvalue weighted by atomic mass is 10.1. The van der Waals surface area contributed by atoms with Crippen molar-refractivity contribution in [2.45, 2.75) is 18.5 Å². The zero-order valence-corrected chi connectivity index (χ0v) is 11.5. The SMILES string of the molecule is COCCC(Cc1ccc(N)c(OC)c1)[P+](=O)O. The number of anilines is 1. The molecule has 0 bridgehead atoms. The first kappa shape index (κ1) is 14.9. The highest BCUT2D eigenvalue weighted by Crippen LogP contribution is 2.31. The summed E-state index contributed by atoms with van der Waals surface area (Å²) in [6.45, 7) is 0.471. The standard InChI is InChI=1S/C12H18NO4P/c1-16-6-5-10(18(14)15)7-9-3-4-11(13)12(8-9)17-2/h3-4,8,10H,5-7,13H2,1-2H3/p+1. The van der Waals surface area contributed by atoms with E-state index in [1.54, 1.807) is 26.4 Å². The van der Waals surface area contributed by atoms with E-state index in [0.29, 0.717) is 30.9 Å². The van der Waals surface area contributed by atoms with Crippen molar-refractivity contribution >= 4 is 13.7 Å². The van der Waals surface area contributed by atoms with Gasteiger partial charge in [-0.25, -0.2) is 0 Å². The lowest BCUT2D eigenvalue weighted by Crippen LogP contribution is -2.10. The Morgan fingerprint density at radius 3 is 2.72 bits per heavy atom. The van der Waals surface area contributed by atoms with Gasteiger partial charge in [-0.05, 0) is 22.3 Å². The minimum atomic E-state index is -2.22. The Bertz CT molecular complexity index is 411. The van der Waals surface area contributed by atoms with E-state index < -0.39 is 8.03 Å². The summed E-state index contributed by atoms with van der Waals surface area (Å²) < 4.78 is 21.3. The monoisotopic (exact) mass is 272 g/mol. The largest absolute Gasteiger partial charge is 0.509 e. The number of methoxy groups -OCH3 is 2. The number of nitrogen functional groups attached to an aromatic ring is 1. The molecular formula is C12H19NO4P+. The number of nitrogens with two attached hydrogens (primary N) is 1. The van der Waals surface area contributed by atoms with Gasteiger partial charge in [-0.2, -0.15) is 4.89 Å². The topological polar surface area (TPSA) is 81.8 Å². The number of rotatable bonds is 7. The summed E-state index contributed by atoms with van der Waals surface area (Å²) in [4.78, 5) is 9.28. The Labute approximate surface area is 108 Å². The minimum absolute atomic E-state index is 0.312. The summed E-state index contributed by atoms with van der Waals surface area (Å²) in [5.74, 6) is 0.589. The van der Waals surface area contributed by atoms with Crippen LogP contribution in [0, 0.1) is 0 Å². The van der Waals surface area contributed by atoms with Crippen molar-refractivity contribution in [1.82, 2.24) is 0 Å². The zero-order valence-electron chi connectivity index (χ0n) is 10.6. The minimum Gasteiger partial charge on any atom is -0.495 e. The Balaban J connectivity index is 2.77. The number of ether oxygens (including phenoxy) is 2. The molecule has 100 valence electrons. The van der Waals surface area contributed by atoms with E-state index in [4.69, 9.17) is 15.2 Å². The average molecular weight is 272 g/mol. The van der Waals surface area contributed by atoms with Crippen LogP contribution in [-0.4, -0.2) is 31.4 Å². The Morgan fingerprint density at radius 1 is 1.44 bits per heavy atom. The number of hydrogen-bond acceptors (Lipinski definition) is 4. The van der Waals surface area contributed by atoms with E-state index in [2.05, 4.69) is 0 Å². The molecular weight excluding hydrogens is 253 g/mol. The van der Waals surface area contributed by atoms with Crippen LogP contribution in [0.15, 0.2) is 18.2 Å². The fourth-order valence-corrected chi connectivity index (χ4v) is 2.39. The molecule has 0 amide bonds. The summed E-state index contributed by atoms with van der Waals surface area (Å²) >= 11 is 0. The molecule has 0 aliphatic rings. The molecule has 0 fully saturated rings. The molecule has 0 aliphatic heterocycles. The van der Waals surface area contributed by atoms with E-state index in [1.165, 1.54) is 0 Å². The maximum absolute atomic E-state index is 11.3. The molecule has 1 rings (SSSR count). The third-order valence-corrected chi connectivity index (χ3v) is 3.80. The van der Waals surface area contributed by atoms with Crippen LogP contribution < -0.4 is 10.5 Å². The van der Waals surface area contributed by atoms with Gasteiger partial charge in [0.1, 0.15) is 5.75 Å². The van der Waals surface area contributed by atoms with Gasteiger partial charge in [0.15, 0.2) is 5.66 Å². The van der Waals surface area contributed by atoms with Crippen LogP contribution >= 0.6 is 8.03 Å². The van der Waals surface area contributed by atoms with Crippen LogP contribution in [-0.2, 0) is 15.7 Å². The van der Waals surface area contributed by atoms with Gasteiger partial charge < -0.3 is 15.2 Å². The van der Waals surface area contributed by atoms with Crippen LogP contribution in [0.2, 0.25) is 0 Å². The molecule has 0 heterocycles. The summed E-state index contributed by atoms with van der Waals surface area (Å²) in [5, 5.41) is 0. The van der Waals surface area contributed by atoms with Gasteiger partial charge in [-0.1, -0.05) is 6.07 Å². The zero-order chi connectivity index (χ0) is 13.5. The van der Waals surface area contributed by atoms with Crippen LogP contribution in [0.4, 0.5) is 5.69 Å². The second kappa shape index (κ2) is 7.31.